The number of hydrazine groups is 1. The Labute approximate surface area is 138 Å². The number of hydrogen-bond acceptors (Lipinski definition) is 10. The zero-order chi connectivity index (χ0) is 18.8. The summed E-state index contributed by atoms with van der Waals surface area (Å²) in [5, 5.41) is 54.7. The van der Waals surface area contributed by atoms with Crippen molar-refractivity contribution in [2.75, 3.05) is 67.6 Å². The van der Waals surface area contributed by atoms with Crippen molar-refractivity contribution < 1.29 is 30.6 Å². The van der Waals surface area contributed by atoms with Gasteiger partial charge < -0.3 is 40.9 Å². The van der Waals surface area contributed by atoms with Crippen molar-refractivity contribution in [2.24, 2.45) is 5.84 Å². The van der Waals surface area contributed by atoms with Crippen molar-refractivity contribution in [2.45, 2.75) is 18.3 Å². The number of aliphatic hydroxyl groups is 6. The van der Waals surface area contributed by atoms with Crippen molar-refractivity contribution in [3.8, 4) is 0 Å². The molecular formula is C13H36N4O6. The summed E-state index contributed by atoms with van der Waals surface area (Å²) in [6, 6.07) is 0. The molecule has 0 aromatic carbocycles. The van der Waals surface area contributed by atoms with Gasteiger partial charge in [0.05, 0.1) is 38.1 Å². The molecule has 3 atom stereocenters. The van der Waals surface area contributed by atoms with Crippen LogP contribution in [0.1, 0.15) is 0 Å². The number of nitrogens with one attached hydrogen (secondary N) is 1. The lowest BCUT2D eigenvalue weighted by Gasteiger charge is -2.12. The summed E-state index contributed by atoms with van der Waals surface area (Å²) in [5.74, 6) is 5.13. The maximum Gasteiger partial charge on any atom is 0.0911 e. The Balaban J connectivity index is -0.000000262. The van der Waals surface area contributed by atoms with Gasteiger partial charge in [-0.15, -0.1) is 0 Å². The summed E-state index contributed by atoms with van der Waals surface area (Å²) in [6.45, 7) is 0.726. The topological polar surface area (TPSA) is 166 Å². The molecule has 1 unspecified atom stereocenters. The lowest BCUT2D eigenvalue weighted by molar-refractivity contribution is 0.0667. The zero-order valence-electron chi connectivity index (χ0n) is 14.6. The SMILES string of the molecule is CN(C)C[C@H](O)CO.CN(N)C[C@H](O)CO.CNCC(O)CO. The molecule has 9 N–H and O–H groups in total. The maximum atomic E-state index is 8.74. The van der Waals surface area contributed by atoms with Gasteiger partial charge in [0.2, 0.25) is 0 Å². The van der Waals surface area contributed by atoms with Gasteiger partial charge in [-0.25, -0.2) is 5.01 Å². The minimum absolute atomic E-state index is 0.155. The Morgan fingerprint density at radius 2 is 1.22 bits per heavy atom. The molecule has 10 heteroatoms. The number of nitrogens with zero attached hydrogens (tertiary/aromatic N) is 2. The van der Waals surface area contributed by atoms with Crippen molar-refractivity contribution in [3.05, 3.63) is 0 Å². The van der Waals surface area contributed by atoms with Gasteiger partial charge >= 0.3 is 0 Å². The van der Waals surface area contributed by atoms with E-state index >= 15 is 0 Å². The highest BCUT2D eigenvalue weighted by Crippen LogP contribution is 1.81. The lowest BCUT2D eigenvalue weighted by Crippen LogP contribution is -2.35. The van der Waals surface area contributed by atoms with Gasteiger partial charge in [0, 0.05) is 26.7 Å². The fraction of sp³-hybridized carbons (Fsp3) is 1.00. The van der Waals surface area contributed by atoms with E-state index in [4.69, 9.17) is 36.5 Å². The standard InChI is InChI=1S/C5H13NO2.C4H12N2O2.C4H11NO2/c1-6(2)3-5(8)4-7;1-6(5)2-4(8)3-7;1-5-2-4(7)3-6/h5,7-8H,3-4H2,1-2H3;4,7-8H,2-3,5H2,1H3;4-7H,2-3H2,1H3/t5-;4-;/m00./s1. The molecule has 23 heavy (non-hydrogen) atoms. The molecule has 0 fully saturated rings. The molecule has 0 saturated carbocycles. The molecule has 0 heterocycles. The third-order valence-electron chi connectivity index (χ3n) is 2.15. The molecule has 0 aliphatic carbocycles. The molecule has 0 amide bonds. The van der Waals surface area contributed by atoms with Crippen LogP contribution in [0.3, 0.4) is 0 Å². The second-order valence-corrected chi connectivity index (χ2v) is 5.27. The van der Waals surface area contributed by atoms with Crippen molar-refractivity contribution >= 4 is 0 Å². The third kappa shape index (κ3) is 30.1. The number of likely N-dealkylation sites (N-methyl/N-ethyl adjacent to an activating group) is 3. The summed E-state index contributed by atoms with van der Waals surface area (Å²) in [5.41, 5.74) is 0. The summed E-state index contributed by atoms with van der Waals surface area (Å²) >= 11 is 0. The average molecular weight is 344 g/mol. The first kappa shape index (κ1) is 27.4. The van der Waals surface area contributed by atoms with Crippen LogP contribution in [0.4, 0.5) is 0 Å². The van der Waals surface area contributed by atoms with Gasteiger partial charge in [0.1, 0.15) is 0 Å². The number of aliphatic hydroxyl groups excluding tert-OH is 6. The second-order valence-electron chi connectivity index (χ2n) is 5.27. The van der Waals surface area contributed by atoms with Crippen LogP contribution in [0.15, 0.2) is 0 Å². The molecule has 0 aliphatic heterocycles. The van der Waals surface area contributed by atoms with Gasteiger partial charge in [-0.2, -0.15) is 0 Å². The number of nitrogens with two attached hydrogens (primary N) is 1. The van der Waals surface area contributed by atoms with Crippen LogP contribution in [0.25, 0.3) is 0 Å². The zero-order valence-corrected chi connectivity index (χ0v) is 14.6. The number of rotatable bonds is 9. The Bertz CT molecular complexity index is 209. The minimum atomic E-state index is -0.718. The predicted molar refractivity (Wildman–Crippen MR) is 88.6 cm³/mol. The average Bonchev–Trinajstić information content (AvgIpc) is 2.47. The van der Waals surface area contributed by atoms with Crippen LogP contribution in [0, 0.1) is 0 Å². The molecule has 144 valence electrons. The molecule has 0 bridgehead atoms. The van der Waals surface area contributed by atoms with Gasteiger partial charge in [0.25, 0.3) is 0 Å². The molecule has 0 saturated heterocycles. The molecule has 0 radical (unpaired) electrons. The van der Waals surface area contributed by atoms with Crippen LogP contribution in [-0.4, -0.2) is 127 Å². The Morgan fingerprint density at radius 1 is 0.826 bits per heavy atom. The summed E-state index contributed by atoms with van der Waals surface area (Å²) in [6.07, 6.45) is -1.92. The van der Waals surface area contributed by atoms with Crippen molar-refractivity contribution in [1.29, 1.82) is 0 Å². The largest absolute Gasteiger partial charge is 0.394 e. The van der Waals surface area contributed by atoms with Gasteiger partial charge in [-0.05, 0) is 21.1 Å². The van der Waals surface area contributed by atoms with Crippen LogP contribution < -0.4 is 11.2 Å². The smallest absolute Gasteiger partial charge is 0.0911 e. The molecule has 0 aliphatic rings. The van der Waals surface area contributed by atoms with Crippen LogP contribution in [-0.2, 0) is 0 Å². The van der Waals surface area contributed by atoms with E-state index in [1.165, 1.54) is 5.01 Å². The van der Waals surface area contributed by atoms with E-state index in [0.717, 1.165) is 0 Å². The highest BCUT2D eigenvalue weighted by molar-refractivity contribution is 4.54. The Kier molecular flexibility index (Phi) is 23.4. The maximum absolute atomic E-state index is 8.74. The predicted octanol–water partition coefficient (Wildman–Crippen LogP) is -4.39. The summed E-state index contributed by atoms with van der Waals surface area (Å²) < 4.78 is 0. The van der Waals surface area contributed by atoms with Crippen LogP contribution >= 0.6 is 0 Å². The van der Waals surface area contributed by atoms with Gasteiger partial charge in [0.15, 0.2) is 0 Å². The normalized spacial score (nSPS) is 14.5. The van der Waals surface area contributed by atoms with Crippen LogP contribution in [0.5, 0.6) is 0 Å². The molecule has 0 spiro atoms. The lowest BCUT2D eigenvalue weighted by atomic mass is 10.4. The highest BCUT2D eigenvalue weighted by atomic mass is 16.3. The van der Waals surface area contributed by atoms with E-state index in [1.807, 2.05) is 19.0 Å². The summed E-state index contributed by atoms with van der Waals surface area (Å²) in [7, 11) is 7.04. The van der Waals surface area contributed by atoms with E-state index in [9.17, 15) is 0 Å². The fourth-order valence-electron chi connectivity index (χ4n) is 1.17. The first-order valence-corrected chi connectivity index (χ1v) is 7.26. The number of hydrogen-bond donors (Lipinski definition) is 8. The minimum Gasteiger partial charge on any atom is -0.394 e. The van der Waals surface area contributed by atoms with Gasteiger partial charge in [-0.3, -0.25) is 5.84 Å². The molecule has 0 aromatic rings. The third-order valence-corrected chi connectivity index (χ3v) is 2.15. The van der Waals surface area contributed by atoms with E-state index in [-0.39, 0.29) is 19.8 Å². The van der Waals surface area contributed by atoms with E-state index < -0.39 is 18.3 Å². The summed E-state index contributed by atoms with van der Waals surface area (Å²) in [4.78, 5) is 1.82. The van der Waals surface area contributed by atoms with Gasteiger partial charge in [-0.1, -0.05) is 0 Å². The Morgan fingerprint density at radius 3 is 1.35 bits per heavy atom. The molecule has 0 rings (SSSR count). The Hall–Kier alpha value is -0.400. The monoisotopic (exact) mass is 344 g/mol. The first-order chi connectivity index (χ1) is 10.6. The van der Waals surface area contributed by atoms with E-state index in [1.54, 1.807) is 14.1 Å². The van der Waals surface area contributed by atoms with Crippen molar-refractivity contribution in [1.82, 2.24) is 15.2 Å². The van der Waals surface area contributed by atoms with E-state index in [2.05, 4.69) is 5.32 Å². The quantitative estimate of drug-likeness (QED) is 0.151. The molecule has 10 nitrogen and oxygen atoms in total. The molecular weight excluding hydrogens is 308 g/mol. The highest BCUT2D eigenvalue weighted by Gasteiger charge is 2.01. The first-order valence-electron chi connectivity index (χ1n) is 7.26. The van der Waals surface area contributed by atoms with Crippen molar-refractivity contribution in [3.63, 3.8) is 0 Å². The van der Waals surface area contributed by atoms with Crippen LogP contribution in [0.2, 0.25) is 0 Å². The fourth-order valence-corrected chi connectivity index (χ4v) is 1.17. The van der Waals surface area contributed by atoms with E-state index in [0.29, 0.717) is 19.6 Å². The second kappa shape index (κ2) is 19.6. The molecule has 0 aromatic heterocycles.